The summed E-state index contributed by atoms with van der Waals surface area (Å²) in [6.45, 7) is 8.47. The van der Waals surface area contributed by atoms with Crippen molar-refractivity contribution in [2.75, 3.05) is 26.2 Å². The Hall–Kier alpha value is -0.0800. The molecule has 0 aromatic rings. The molecule has 2 nitrogen and oxygen atoms in total. The van der Waals surface area contributed by atoms with Crippen LogP contribution in [-0.4, -0.2) is 36.2 Å². The van der Waals surface area contributed by atoms with Crippen molar-refractivity contribution in [1.82, 2.24) is 4.90 Å². The van der Waals surface area contributed by atoms with E-state index in [-0.39, 0.29) is 5.41 Å². The van der Waals surface area contributed by atoms with Crippen molar-refractivity contribution in [3.05, 3.63) is 0 Å². The van der Waals surface area contributed by atoms with Crippen LogP contribution in [0.25, 0.3) is 0 Å². The molecule has 0 aromatic heterocycles. The minimum Gasteiger partial charge on any atom is -0.396 e. The SMILES string of the molecule is CCCC(C)(CO)CN1CCC2(CCCCC2)C1. The van der Waals surface area contributed by atoms with Crippen LogP contribution >= 0.6 is 0 Å². The van der Waals surface area contributed by atoms with Gasteiger partial charge in [0, 0.05) is 25.1 Å². The van der Waals surface area contributed by atoms with Gasteiger partial charge < -0.3 is 10.0 Å². The number of aliphatic hydroxyl groups is 1. The van der Waals surface area contributed by atoms with Crippen molar-refractivity contribution in [3.63, 3.8) is 0 Å². The van der Waals surface area contributed by atoms with Gasteiger partial charge in [0.2, 0.25) is 0 Å². The van der Waals surface area contributed by atoms with E-state index in [4.69, 9.17) is 0 Å². The molecule has 1 heterocycles. The van der Waals surface area contributed by atoms with E-state index in [9.17, 15) is 5.11 Å². The fourth-order valence-corrected chi connectivity index (χ4v) is 4.22. The zero-order valence-corrected chi connectivity index (χ0v) is 12.4. The van der Waals surface area contributed by atoms with Gasteiger partial charge >= 0.3 is 0 Å². The first kappa shape index (κ1) is 14.3. The van der Waals surface area contributed by atoms with Gasteiger partial charge in [-0.1, -0.05) is 39.5 Å². The van der Waals surface area contributed by atoms with E-state index >= 15 is 0 Å². The molecular weight excluding hydrogens is 222 g/mol. The summed E-state index contributed by atoms with van der Waals surface area (Å²) in [6.07, 6.45) is 11.0. The standard InChI is InChI=1S/C16H31NO/c1-3-7-15(2,14-18)12-17-11-10-16(13-17)8-5-4-6-9-16/h18H,3-14H2,1-2H3. The number of hydrogen-bond donors (Lipinski definition) is 1. The summed E-state index contributed by atoms with van der Waals surface area (Å²) in [6, 6.07) is 0. The molecule has 2 rings (SSSR count). The van der Waals surface area contributed by atoms with Gasteiger partial charge in [0.05, 0.1) is 0 Å². The molecular formula is C16H31NO. The van der Waals surface area contributed by atoms with Crippen LogP contribution in [0.5, 0.6) is 0 Å². The Morgan fingerprint density at radius 3 is 2.50 bits per heavy atom. The number of rotatable bonds is 5. The first-order chi connectivity index (χ1) is 8.61. The van der Waals surface area contributed by atoms with Crippen LogP contribution in [0, 0.1) is 10.8 Å². The highest BCUT2D eigenvalue weighted by molar-refractivity contribution is 4.93. The summed E-state index contributed by atoms with van der Waals surface area (Å²) in [4.78, 5) is 2.64. The molecule has 0 aromatic carbocycles. The third-order valence-corrected chi connectivity index (χ3v) is 5.27. The zero-order valence-electron chi connectivity index (χ0n) is 12.4. The Kier molecular flexibility index (Phi) is 4.71. The van der Waals surface area contributed by atoms with Crippen LogP contribution in [0.4, 0.5) is 0 Å². The van der Waals surface area contributed by atoms with Gasteiger partial charge in [-0.3, -0.25) is 0 Å². The van der Waals surface area contributed by atoms with E-state index in [0.717, 1.165) is 13.0 Å². The Balaban J connectivity index is 1.88. The van der Waals surface area contributed by atoms with Gasteiger partial charge in [-0.15, -0.1) is 0 Å². The van der Waals surface area contributed by atoms with Gasteiger partial charge in [0.25, 0.3) is 0 Å². The Bertz CT molecular complexity index is 260. The van der Waals surface area contributed by atoms with Crippen LogP contribution in [-0.2, 0) is 0 Å². The average Bonchev–Trinajstić information content (AvgIpc) is 2.73. The first-order valence-corrected chi connectivity index (χ1v) is 7.95. The minimum atomic E-state index is 0.120. The fourth-order valence-electron chi connectivity index (χ4n) is 4.22. The lowest BCUT2D eigenvalue weighted by Gasteiger charge is -2.36. The second-order valence-electron chi connectivity index (χ2n) is 7.24. The highest BCUT2D eigenvalue weighted by Gasteiger charge is 2.40. The van der Waals surface area contributed by atoms with Crippen molar-refractivity contribution in [3.8, 4) is 0 Å². The Morgan fingerprint density at radius 2 is 1.89 bits per heavy atom. The van der Waals surface area contributed by atoms with E-state index in [1.54, 1.807) is 0 Å². The van der Waals surface area contributed by atoms with Crippen molar-refractivity contribution >= 4 is 0 Å². The highest BCUT2D eigenvalue weighted by atomic mass is 16.3. The molecule has 1 aliphatic heterocycles. The molecule has 1 unspecified atom stereocenters. The van der Waals surface area contributed by atoms with E-state index < -0.39 is 0 Å². The molecule has 2 fully saturated rings. The largest absolute Gasteiger partial charge is 0.396 e. The van der Waals surface area contributed by atoms with Crippen LogP contribution in [0.3, 0.4) is 0 Å². The molecule has 106 valence electrons. The summed E-state index contributed by atoms with van der Waals surface area (Å²) < 4.78 is 0. The zero-order chi connectivity index (χ0) is 13.1. The number of nitrogens with zero attached hydrogens (tertiary/aromatic N) is 1. The molecule has 2 heteroatoms. The van der Waals surface area contributed by atoms with Crippen LogP contribution in [0.1, 0.15) is 65.2 Å². The Morgan fingerprint density at radius 1 is 1.17 bits per heavy atom. The van der Waals surface area contributed by atoms with E-state index in [1.807, 2.05) is 0 Å². The summed E-state index contributed by atoms with van der Waals surface area (Å²) in [5.41, 5.74) is 0.774. The number of likely N-dealkylation sites (tertiary alicyclic amines) is 1. The summed E-state index contributed by atoms with van der Waals surface area (Å²) in [7, 11) is 0. The monoisotopic (exact) mass is 253 g/mol. The first-order valence-electron chi connectivity index (χ1n) is 7.95. The Labute approximate surface area is 113 Å². The molecule has 1 N–H and O–H groups in total. The van der Waals surface area contributed by atoms with Crippen LogP contribution in [0.15, 0.2) is 0 Å². The summed E-state index contributed by atoms with van der Waals surface area (Å²) >= 11 is 0. The predicted molar refractivity (Wildman–Crippen MR) is 76.7 cm³/mol. The van der Waals surface area contributed by atoms with Gasteiger partial charge in [-0.05, 0) is 37.6 Å². The van der Waals surface area contributed by atoms with Gasteiger partial charge in [0.15, 0.2) is 0 Å². The van der Waals surface area contributed by atoms with E-state index in [1.165, 1.54) is 58.0 Å². The molecule has 2 aliphatic rings. The number of aliphatic hydroxyl groups excluding tert-OH is 1. The van der Waals surface area contributed by atoms with E-state index in [2.05, 4.69) is 18.7 Å². The molecule has 1 spiro atoms. The minimum absolute atomic E-state index is 0.120. The maximum atomic E-state index is 9.65. The van der Waals surface area contributed by atoms with Crippen molar-refractivity contribution in [1.29, 1.82) is 0 Å². The molecule has 1 saturated heterocycles. The smallest absolute Gasteiger partial charge is 0.0497 e. The quantitative estimate of drug-likeness (QED) is 0.811. The molecule has 1 aliphatic carbocycles. The maximum Gasteiger partial charge on any atom is 0.0497 e. The van der Waals surface area contributed by atoms with Gasteiger partial charge in [-0.25, -0.2) is 0 Å². The van der Waals surface area contributed by atoms with Crippen LogP contribution in [0.2, 0.25) is 0 Å². The third-order valence-electron chi connectivity index (χ3n) is 5.27. The van der Waals surface area contributed by atoms with Gasteiger partial charge in [-0.2, -0.15) is 0 Å². The topological polar surface area (TPSA) is 23.5 Å². The van der Waals surface area contributed by atoms with Crippen molar-refractivity contribution in [2.24, 2.45) is 10.8 Å². The molecule has 18 heavy (non-hydrogen) atoms. The summed E-state index contributed by atoms with van der Waals surface area (Å²) in [5, 5.41) is 9.65. The van der Waals surface area contributed by atoms with Gasteiger partial charge in [0.1, 0.15) is 0 Å². The predicted octanol–water partition coefficient (Wildman–Crippen LogP) is 3.44. The average molecular weight is 253 g/mol. The second-order valence-corrected chi connectivity index (χ2v) is 7.24. The maximum absolute atomic E-state index is 9.65. The lowest BCUT2D eigenvalue weighted by molar-refractivity contribution is 0.0804. The number of hydrogen-bond acceptors (Lipinski definition) is 2. The molecule has 1 saturated carbocycles. The van der Waals surface area contributed by atoms with E-state index in [0.29, 0.717) is 12.0 Å². The lowest BCUT2D eigenvalue weighted by Crippen LogP contribution is -2.38. The third kappa shape index (κ3) is 3.27. The van der Waals surface area contributed by atoms with Crippen LogP contribution < -0.4 is 0 Å². The second kappa shape index (κ2) is 5.92. The normalized spacial score (nSPS) is 27.5. The molecule has 0 amide bonds. The van der Waals surface area contributed by atoms with Crippen molar-refractivity contribution in [2.45, 2.75) is 65.2 Å². The van der Waals surface area contributed by atoms with Crippen molar-refractivity contribution < 1.29 is 5.11 Å². The highest BCUT2D eigenvalue weighted by Crippen LogP contribution is 2.44. The lowest BCUT2D eigenvalue weighted by atomic mass is 9.73. The molecule has 0 radical (unpaired) electrons. The fraction of sp³-hybridized carbons (Fsp3) is 1.00. The summed E-state index contributed by atoms with van der Waals surface area (Å²) in [5.74, 6) is 0. The molecule has 1 atom stereocenters. The molecule has 0 bridgehead atoms.